The van der Waals surface area contributed by atoms with Gasteiger partial charge in [0.2, 0.25) is 5.91 Å². The topological polar surface area (TPSA) is 65.5 Å². The van der Waals surface area contributed by atoms with Gasteiger partial charge in [-0.15, -0.1) is 11.3 Å². The molecule has 0 radical (unpaired) electrons. The van der Waals surface area contributed by atoms with Crippen LogP contribution in [0.25, 0.3) is 10.2 Å². The van der Waals surface area contributed by atoms with Crippen molar-refractivity contribution >= 4 is 33.5 Å². The lowest BCUT2D eigenvalue weighted by molar-refractivity contribution is -0.128. The molecule has 110 valence electrons. The maximum absolute atomic E-state index is 12.0. The normalized spacial score (nSPS) is 15.0. The zero-order chi connectivity index (χ0) is 14.8. The zero-order valence-electron chi connectivity index (χ0n) is 11.7. The molecule has 7 heteroatoms. The SMILES string of the molecule is CN(CC(=O)N1CCNC1=O)Cc1nc2ccccc2s1. The van der Waals surface area contributed by atoms with Crippen LogP contribution in [0.2, 0.25) is 0 Å². The number of para-hydroxylation sites is 1. The molecule has 6 nitrogen and oxygen atoms in total. The summed E-state index contributed by atoms with van der Waals surface area (Å²) in [6.45, 7) is 1.79. The monoisotopic (exact) mass is 304 g/mol. The zero-order valence-corrected chi connectivity index (χ0v) is 12.5. The van der Waals surface area contributed by atoms with Crippen molar-refractivity contribution in [2.75, 3.05) is 26.7 Å². The van der Waals surface area contributed by atoms with Crippen molar-refractivity contribution in [3.05, 3.63) is 29.3 Å². The van der Waals surface area contributed by atoms with Crippen molar-refractivity contribution in [1.82, 2.24) is 20.1 Å². The highest BCUT2D eigenvalue weighted by Crippen LogP contribution is 2.22. The highest BCUT2D eigenvalue weighted by Gasteiger charge is 2.26. The van der Waals surface area contributed by atoms with Gasteiger partial charge in [-0.05, 0) is 19.2 Å². The summed E-state index contributed by atoms with van der Waals surface area (Å²) in [5.74, 6) is -0.173. The number of hydrogen-bond donors (Lipinski definition) is 1. The number of benzene rings is 1. The quantitative estimate of drug-likeness (QED) is 0.924. The third-order valence-electron chi connectivity index (χ3n) is 3.31. The lowest BCUT2D eigenvalue weighted by Crippen LogP contribution is -2.40. The van der Waals surface area contributed by atoms with Crippen LogP contribution in [0.1, 0.15) is 5.01 Å². The molecule has 0 aliphatic carbocycles. The minimum Gasteiger partial charge on any atom is -0.336 e. The Morgan fingerprint density at radius 2 is 2.29 bits per heavy atom. The first-order valence-corrected chi connectivity index (χ1v) is 7.56. The Hall–Kier alpha value is -1.99. The molecule has 1 saturated heterocycles. The fourth-order valence-electron chi connectivity index (χ4n) is 2.30. The van der Waals surface area contributed by atoms with Gasteiger partial charge < -0.3 is 5.32 Å². The van der Waals surface area contributed by atoms with E-state index in [0.29, 0.717) is 19.6 Å². The van der Waals surface area contributed by atoms with Crippen molar-refractivity contribution in [1.29, 1.82) is 0 Å². The van der Waals surface area contributed by atoms with Gasteiger partial charge in [0.15, 0.2) is 0 Å². The van der Waals surface area contributed by atoms with Crippen molar-refractivity contribution in [3.63, 3.8) is 0 Å². The molecule has 2 heterocycles. The van der Waals surface area contributed by atoms with E-state index in [1.807, 2.05) is 36.2 Å². The molecule has 0 unspecified atom stereocenters. The summed E-state index contributed by atoms with van der Waals surface area (Å²) < 4.78 is 1.14. The van der Waals surface area contributed by atoms with Gasteiger partial charge in [-0.1, -0.05) is 12.1 Å². The molecule has 21 heavy (non-hydrogen) atoms. The van der Waals surface area contributed by atoms with Crippen LogP contribution in [-0.4, -0.2) is 53.4 Å². The maximum Gasteiger partial charge on any atom is 0.324 e. The van der Waals surface area contributed by atoms with Crippen LogP contribution in [0, 0.1) is 0 Å². The van der Waals surface area contributed by atoms with E-state index in [1.165, 1.54) is 4.90 Å². The van der Waals surface area contributed by atoms with Crippen molar-refractivity contribution in [3.8, 4) is 0 Å². The number of urea groups is 1. The molecule has 2 aromatic rings. The summed E-state index contributed by atoms with van der Waals surface area (Å²) in [6.07, 6.45) is 0. The smallest absolute Gasteiger partial charge is 0.324 e. The van der Waals surface area contributed by atoms with E-state index < -0.39 is 0 Å². The number of hydrogen-bond acceptors (Lipinski definition) is 5. The predicted molar refractivity (Wildman–Crippen MR) is 81.1 cm³/mol. The van der Waals surface area contributed by atoms with E-state index in [-0.39, 0.29) is 18.5 Å². The third kappa shape index (κ3) is 3.03. The fourth-order valence-corrected chi connectivity index (χ4v) is 3.35. The molecular formula is C14H16N4O2S. The number of imide groups is 1. The highest BCUT2D eigenvalue weighted by atomic mass is 32.1. The highest BCUT2D eigenvalue weighted by molar-refractivity contribution is 7.18. The Balaban J connectivity index is 1.62. The molecule has 1 N–H and O–H groups in total. The van der Waals surface area contributed by atoms with E-state index in [0.717, 1.165) is 15.2 Å². The van der Waals surface area contributed by atoms with E-state index in [2.05, 4.69) is 10.3 Å². The second-order valence-corrected chi connectivity index (χ2v) is 6.14. The number of nitrogens with one attached hydrogen (secondary N) is 1. The first-order chi connectivity index (χ1) is 10.1. The number of aromatic nitrogens is 1. The fraction of sp³-hybridized carbons (Fsp3) is 0.357. The summed E-state index contributed by atoms with van der Waals surface area (Å²) in [5, 5.41) is 3.60. The molecule has 0 atom stereocenters. The van der Waals surface area contributed by atoms with Gasteiger partial charge in [-0.25, -0.2) is 9.78 Å². The molecule has 1 aromatic heterocycles. The summed E-state index contributed by atoms with van der Waals surface area (Å²) in [5.41, 5.74) is 0.983. The molecule has 1 aromatic carbocycles. The van der Waals surface area contributed by atoms with E-state index in [1.54, 1.807) is 11.3 Å². The summed E-state index contributed by atoms with van der Waals surface area (Å²) in [4.78, 5) is 31.2. The molecule has 0 saturated carbocycles. The van der Waals surface area contributed by atoms with Gasteiger partial charge in [0, 0.05) is 13.1 Å². The van der Waals surface area contributed by atoms with E-state index >= 15 is 0 Å². The molecule has 1 aliphatic heterocycles. The first-order valence-electron chi connectivity index (χ1n) is 6.74. The van der Waals surface area contributed by atoms with E-state index in [9.17, 15) is 9.59 Å². The van der Waals surface area contributed by atoms with Crippen molar-refractivity contribution < 1.29 is 9.59 Å². The summed E-state index contributed by atoms with van der Waals surface area (Å²) >= 11 is 1.63. The van der Waals surface area contributed by atoms with Crippen molar-refractivity contribution in [2.24, 2.45) is 0 Å². The number of rotatable bonds is 4. The predicted octanol–water partition coefficient (Wildman–Crippen LogP) is 1.28. The second-order valence-electron chi connectivity index (χ2n) is 5.02. The van der Waals surface area contributed by atoms with Gasteiger partial charge in [0.25, 0.3) is 0 Å². The summed E-state index contributed by atoms with van der Waals surface area (Å²) in [6, 6.07) is 7.67. The van der Waals surface area contributed by atoms with Gasteiger partial charge in [0.05, 0.1) is 23.3 Å². The third-order valence-corrected chi connectivity index (χ3v) is 4.33. The number of nitrogens with zero attached hydrogens (tertiary/aromatic N) is 3. The van der Waals surface area contributed by atoms with Gasteiger partial charge in [-0.2, -0.15) is 0 Å². The van der Waals surface area contributed by atoms with Gasteiger partial charge in [-0.3, -0.25) is 14.6 Å². The lowest BCUT2D eigenvalue weighted by atomic mass is 10.3. The number of fused-ring (bicyclic) bond motifs is 1. The minimum absolute atomic E-state index is 0.173. The van der Waals surface area contributed by atoms with Crippen LogP contribution in [0.15, 0.2) is 24.3 Å². The number of carbonyl (C=O) groups is 2. The average Bonchev–Trinajstić information content (AvgIpc) is 3.03. The van der Waals surface area contributed by atoms with Crippen LogP contribution < -0.4 is 5.32 Å². The minimum atomic E-state index is -0.298. The average molecular weight is 304 g/mol. The van der Waals surface area contributed by atoms with Crippen LogP contribution in [0.3, 0.4) is 0 Å². The van der Waals surface area contributed by atoms with Crippen molar-refractivity contribution in [2.45, 2.75) is 6.54 Å². The van der Waals surface area contributed by atoms with Crippen LogP contribution in [0.4, 0.5) is 4.79 Å². The lowest BCUT2D eigenvalue weighted by Gasteiger charge is -2.18. The Kier molecular flexibility index (Phi) is 3.85. The molecule has 1 aliphatic rings. The second kappa shape index (κ2) is 5.79. The number of likely N-dealkylation sites (N-methyl/N-ethyl adjacent to an activating group) is 1. The summed E-state index contributed by atoms with van der Waals surface area (Å²) in [7, 11) is 1.86. The maximum atomic E-state index is 12.0. The van der Waals surface area contributed by atoms with E-state index in [4.69, 9.17) is 0 Å². The van der Waals surface area contributed by atoms with Crippen LogP contribution >= 0.6 is 11.3 Å². The largest absolute Gasteiger partial charge is 0.336 e. The molecular weight excluding hydrogens is 288 g/mol. The Bertz CT molecular complexity index is 651. The molecule has 3 amide bonds. The first kappa shape index (κ1) is 14.0. The molecule has 1 fully saturated rings. The number of thiazole rings is 1. The molecule has 3 rings (SSSR count). The van der Waals surface area contributed by atoms with Gasteiger partial charge in [0.1, 0.15) is 5.01 Å². The Labute approximate surface area is 126 Å². The van der Waals surface area contributed by atoms with Crippen LogP contribution in [-0.2, 0) is 11.3 Å². The Morgan fingerprint density at radius 3 is 3.00 bits per heavy atom. The molecule has 0 bridgehead atoms. The number of carbonyl (C=O) groups excluding carboxylic acids is 2. The standard InChI is InChI=1S/C14H16N4O2S/c1-17(9-13(19)18-7-6-15-14(18)20)8-12-16-10-4-2-3-5-11(10)21-12/h2-5H,6-9H2,1H3,(H,15,20). The number of amides is 3. The van der Waals surface area contributed by atoms with Crippen LogP contribution in [0.5, 0.6) is 0 Å². The Morgan fingerprint density at radius 1 is 1.48 bits per heavy atom. The molecule has 0 spiro atoms. The van der Waals surface area contributed by atoms with Gasteiger partial charge >= 0.3 is 6.03 Å².